The third-order valence-corrected chi connectivity index (χ3v) is 6.11. The molecule has 1 N–H and O–H groups in total. The van der Waals surface area contributed by atoms with Gasteiger partial charge in [0.2, 0.25) is 0 Å². The van der Waals surface area contributed by atoms with Crippen molar-refractivity contribution in [1.82, 2.24) is 9.88 Å². The van der Waals surface area contributed by atoms with Crippen LogP contribution in [0.25, 0.3) is 10.2 Å². The molecule has 2 heterocycles. The molecule has 1 aliphatic heterocycles. The molecule has 1 saturated heterocycles. The number of rotatable bonds is 6. The van der Waals surface area contributed by atoms with Crippen LogP contribution in [0.3, 0.4) is 0 Å². The molecule has 1 amide bonds. The van der Waals surface area contributed by atoms with E-state index < -0.39 is 0 Å². The summed E-state index contributed by atoms with van der Waals surface area (Å²) < 4.78 is 6.84. The van der Waals surface area contributed by atoms with Crippen LogP contribution in [0.15, 0.2) is 48.5 Å². The molecule has 1 fully saturated rings. The summed E-state index contributed by atoms with van der Waals surface area (Å²) in [7, 11) is 0. The third kappa shape index (κ3) is 4.34. The molecule has 0 atom stereocenters. The molecule has 0 radical (unpaired) electrons. The summed E-state index contributed by atoms with van der Waals surface area (Å²) in [5, 5.41) is 1.18. The van der Waals surface area contributed by atoms with Crippen LogP contribution in [0.5, 0.6) is 5.75 Å². The second-order valence-corrected chi connectivity index (χ2v) is 8.28. The number of hydrogen-bond acceptors (Lipinski definition) is 4. The van der Waals surface area contributed by atoms with Crippen LogP contribution in [-0.4, -0.2) is 48.6 Å². The number of carbonyl (C=O) groups is 1. The van der Waals surface area contributed by atoms with Crippen molar-refractivity contribution in [3.63, 3.8) is 0 Å². The molecule has 0 spiro atoms. The summed E-state index contributed by atoms with van der Waals surface area (Å²) in [5.74, 6) is 0.935. The molecule has 4 rings (SSSR count). The van der Waals surface area contributed by atoms with Gasteiger partial charge in [-0.05, 0) is 42.8 Å². The SMILES string of the molecule is CCCOc1ccc(C(=O)N2CC[NH+](Cc3nc4ccccc4s3)CC2)cc1. The fourth-order valence-corrected chi connectivity index (χ4v) is 4.55. The molecule has 28 heavy (non-hydrogen) atoms. The molecule has 1 aromatic heterocycles. The van der Waals surface area contributed by atoms with Gasteiger partial charge in [-0.1, -0.05) is 19.1 Å². The number of piperazine rings is 1. The number of aromatic nitrogens is 1. The van der Waals surface area contributed by atoms with Crippen molar-refractivity contribution in [2.45, 2.75) is 19.9 Å². The average molecular weight is 397 g/mol. The minimum Gasteiger partial charge on any atom is -0.494 e. The lowest BCUT2D eigenvalue weighted by atomic mass is 10.1. The van der Waals surface area contributed by atoms with Crippen molar-refractivity contribution in [3.8, 4) is 5.75 Å². The number of benzene rings is 2. The maximum Gasteiger partial charge on any atom is 0.254 e. The highest BCUT2D eigenvalue weighted by Gasteiger charge is 2.25. The number of thiazole rings is 1. The van der Waals surface area contributed by atoms with E-state index in [1.807, 2.05) is 35.2 Å². The van der Waals surface area contributed by atoms with Crippen LogP contribution < -0.4 is 9.64 Å². The van der Waals surface area contributed by atoms with Gasteiger partial charge in [0, 0.05) is 5.56 Å². The summed E-state index contributed by atoms with van der Waals surface area (Å²) >= 11 is 1.78. The highest BCUT2D eigenvalue weighted by Crippen LogP contribution is 2.21. The number of carbonyl (C=O) groups excluding carboxylic acids is 1. The Morgan fingerprint density at radius 3 is 2.61 bits per heavy atom. The monoisotopic (exact) mass is 396 g/mol. The molecule has 2 aromatic carbocycles. The normalized spacial score (nSPS) is 15.1. The number of para-hydroxylation sites is 1. The maximum absolute atomic E-state index is 12.8. The van der Waals surface area contributed by atoms with Crippen LogP contribution in [0.1, 0.15) is 28.7 Å². The van der Waals surface area contributed by atoms with Gasteiger partial charge < -0.3 is 14.5 Å². The number of amides is 1. The standard InChI is InChI=1S/C22H25N3O2S/c1-2-15-27-18-9-7-17(8-10-18)22(26)25-13-11-24(12-14-25)16-21-23-19-5-3-4-6-20(19)28-21/h3-10H,2,11-16H2,1H3/p+1. The third-order valence-electron chi connectivity index (χ3n) is 5.07. The minimum absolute atomic E-state index is 0.112. The fourth-order valence-electron chi connectivity index (χ4n) is 3.51. The van der Waals surface area contributed by atoms with Crippen molar-refractivity contribution >= 4 is 27.5 Å². The zero-order valence-electron chi connectivity index (χ0n) is 16.2. The van der Waals surface area contributed by atoms with E-state index in [1.165, 1.54) is 14.6 Å². The van der Waals surface area contributed by atoms with Crippen molar-refractivity contribution < 1.29 is 14.4 Å². The van der Waals surface area contributed by atoms with Crippen LogP contribution >= 0.6 is 11.3 Å². The molecule has 3 aromatic rings. The fraction of sp³-hybridized carbons (Fsp3) is 0.364. The van der Waals surface area contributed by atoms with Gasteiger partial charge in [-0.3, -0.25) is 4.79 Å². The Balaban J connectivity index is 1.31. The Kier molecular flexibility index (Phi) is 5.88. The van der Waals surface area contributed by atoms with E-state index in [1.54, 1.807) is 11.3 Å². The molecular formula is C22H26N3O2S+. The lowest BCUT2D eigenvalue weighted by Gasteiger charge is -2.31. The van der Waals surface area contributed by atoms with Gasteiger partial charge in [0.1, 0.15) is 17.3 Å². The maximum atomic E-state index is 12.8. The van der Waals surface area contributed by atoms with Gasteiger partial charge >= 0.3 is 0 Å². The zero-order valence-corrected chi connectivity index (χ0v) is 17.0. The van der Waals surface area contributed by atoms with E-state index in [9.17, 15) is 4.79 Å². The van der Waals surface area contributed by atoms with Crippen LogP contribution in [-0.2, 0) is 6.54 Å². The van der Waals surface area contributed by atoms with Crippen molar-refractivity contribution in [2.24, 2.45) is 0 Å². The largest absolute Gasteiger partial charge is 0.494 e. The first-order valence-corrected chi connectivity index (χ1v) is 10.7. The summed E-state index contributed by atoms with van der Waals surface area (Å²) in [5.41, 5.74) is 1.82. The predicted octanol–water partition coefficient (Wildman–Crippen LogP) is 2.63. The Labute approximate surface area is 169 Å². The number of quaternary nitrogens is 1. The van der Waals surface area contributed by atoms with E-state index in [4.69, 9.17) is 9.72 Å². The molecule has 146 valence electrons. The molecule has 1 aliphatic rings. The Morgan fingerprint density at radius 1 is 1.14 bits per heavy atom. The molecule has 6 heteroatoms. The van der Waals surface area contributed by atoms with Gasteiger partial charge in [0.05, 0.1) is 43.0 Å². The summed E-state index contributed by atoms with van der Waals surface area (Å²) in [6.45, 7) is 7.20. The predicted molar refractivity (Wildman–Crippen MR) is 112 cm³/mol. The Morgan fingerprint density at radius 2 is 1.89 bits per heavy atom. The Bertz CT molecular complexity index is 897. The summed E-state index contributed by atoms with van der Waals surface area (Å²) in [6, 6.07) is 15.8. The van der Waals surface area contributed by atoms with Gasteiger partial charge in [0.15, 0.2) is 0 Å². The number of hydrogen-bond donors (Lipinski definition) is 1. The van der Waals surface area contributed by atoms with Crippen molar-refractivity contribution in [3.05, 3.63) is 59.1 Å². The minimum atomic E-state index is 0.112. The van der Waals surface area contributed by atoms with E-state index in [0.717, 1.165) is 56.0 Å². The smallest absolute Gasteiger partial charge is 0.254 e. The molecule has 0 saturated carbocycles. The summed E-state index contributed by atoms with van der Waals surface area (Å²) in [4.78, 5) is 21.0. The molecule has 0 unspecified atom stereocenters. The van der Waals surface area contributed by atoms with Gasteiger partial charge in [-0.25, -0.2) is 4.98 Å². The van der Waals surface area contributed by atoms with Gasteiger partial charge in [0.25, 0.3) is 5.91 Å². The van der Waals surface area contributed by atoms with E-state index in [2.05, 4.69) is 25.1 Å². The molecular weight excluding hydrogens is 370 g/mol. The number of nitrogens with zero attached hydrogens (tertiary/aromatic N) is 2. The van der Waals surface area contributed by atoms with Crippen LogP contribution in [0.2, 0.25) is 0 Å². The quantitative estimate of drug-likeness (QED) is 0.697. The highest BCUT2D eigenvalue weighted by atomic mass is 32.1. The van der Waals surface area contributed by atoms with Gasteiger partial charge in [-0.2, -0.15) is 0 Å². The lowest BCUT2D eigenvalue weighted by Crippen LogP contribution is -3.13. The van der Waals surface area contributed by atoms with E-state index >= 15 is 0 Å². The van der Waals surface area contributed by atoms with Crippen LogP contribution in [0.4, 0.5) is 0 Å². The van der Waals surface area contributed by atoms with Crippen molar-refractivity contribution in [1.29, 1.82) is 0 Å². The number of fused-ring (bicyclic) bond motifs is 1. The molecule has 5 nitrogen and oxygen atoms in total. The first-order valence-electron chi connectivity index (χ1n) is 9.93. The second kappa shape index (κ2) is 8.71. The summed E-state index contributed by atoms with van der Waals surface area (Å²) in [6.07, 6.45) is 0.976. The van der Waals surface area contributed by atoms with Crippen molar-refractivity contribution in [2.75, 3.05) is 32.8 Å². The van der Waals surface area contributed by atoms with E-state index in [0.29, 0.717) is 6.61 Å². The second-order valence-electron chi connectivity index (χ2n) is 7.17. The highest BCUT2D eigenvalue weighted by molar-refractivity contribution is 7.18. The average Bonchev–Trinajstić information content (AvgIpc) is 3.15. The first kappa shape index (κ1) is 18.9. The van der Waals surface area contributed by atoms with E-state index in [-0.39, 0.29) is 5.91 Å². The number of nitrogens with one attached hydrogen (secondary N) is 1. The zero-order chi connectivity index (χ0) is 19.3. The topological polar surface area (TPSA) is 46.9 Å². The first-order chi connectivity index (χ1) is 13.7. The molecule has 0 bridgehead atoms. The molecule has 0 aliphatic carbocycles. The number of ether oxygens (including phenoxy) is 1. The van der Waals surface area contributed by atoms with Gasteiger partial charge in [-0.15, -0.1) is 11.3 Å². The Hall–Kier alpha value is -2.44. The van der Waals surface area contributed by atoms with Crippen LogP contribution in [0, 0.1) is 0 Å². The lowest BCUT2D eigenvalue weighted by molar-refractivity contribution is -0.917.